The zero-order valence-corrected chi connectivity index (χ0v) is 12.3. The van der Waals surface area contributed by atoms with Crippen LogP contribution in [0.2, 0.25) is 0 Å². The lowest BCUT2D eigenvalue weighted by molar-refractivity contribution is -0.0113. The van der Waals surface area contributed by atoms with Crippen molar-refractivity contribution in [3.05, 3.63) is 28.2 Å². The van der Waals surface area contributed by atoms with Crippen molar-refractivity contribution in [3.8, 4) is 5.75 Å². The summed E-state index contributed by atoms with van der Waals surface area (Å²) in [4.78, 5) is 0. The maximum absolute atomic E-state index is 5.95. The van der Waals surface area contributed by atoms with Crippen LogP contribution in [0.25, 0.3) is 0 Å². The van der Waals surface area contributed by atoms with E-state index in [1.165, 1.54) is 12.8 Å². The van der Waals surface area contributed by atoms with Gasteiger partial charge < -0.3 is 15.2 Å². The van der Waals surface area contributed by atoms with Gasteiger partial charge in [0.1, 0.15) is 12.4 Å². The summed E-state index contributed by atoms with van der Waals surface area (Å²) in [6.45, 7) is 3.43. The van der Waals surface area contributed by atoms with Gasteiger partial charge in [-0.15, -0.1) is 0 Å². The third kappa shape index (κ3) is 3.70. The van der Waals surface area contributed by atoms with E-state index in [1.807, 2.05) is 25.1 Å². The molecule has 0 aliphatic carbocycles. The second kappa shape index (κ2) is 6.55. The molecule has 0 aromatic heterocycles. The standard InChI is InChI=1S/C14H20BrNO2/c1-10(16)13-6-5-11(15)8-14(13)18-9-12-4-2-3-7-17-12/h5-6,8,10,12H,2-4,7,9,16H2,1H3. The van der Waals surface area contributed by atoms with Gasteiger partial charge in [0.2, 0.25) is 0 Å². The molecule has 4 heteroatoms. The molecule has 0 saturated carbocycles. The fraction of sp³-hybridized carbons (Fsp3) is 0.571. The van der Waals surface area contributed by atoms with Gasteiger partial charge in [-0.25, -0.2) is 0 Å². The first kappa shape index (κ1) is 13.8. The van der Waals surface area contributed by atoms with E-state index in [-0.39, 0.29) is 12.1 Å². The maximum Gasteiger partial charge on any atom is 0.125 e. The highest BCUT2D eigenvalue weighted by atomic mass is 79.9. The fourth-order valence-corrected chi connectivity index (χ4v) is 2.47. The molecule has 0 bridgehead atoms. The highest BCUT2D eigenvalue weighted by molar-refractivity contribution is 9.10. The Morgan fingerprint density at radius 1 is 1.50 bits per heavy atom. The van der Waals surface area contributed by atoms with Gasteiger partial charge in [-0.2, -0.15) is 0 Å². The van der Waals surface area contributed by atoms with Crippen LogP contribution in [0.3, 0.4) is 0 Å². The Labute approximate surface area is 117 Å². The maximum atomic E-state index is 5.95. The van der Waals surface area contributed by atoms with Crippen LogP contribution in [-0.2, 0) is 4.74 Å². The molecule has 1 fully saturated rings. The number of hydrogen-bond donors (Lipinski definition) is 1. The summed E-state index contributed by atoms with van der Waals surface area (Å²) in [5.41, 5.74) is 6.98. The van der Waals surface area contributed by atoms with Crippen molar-refractivity contribution in [1.82, 2.24) is 0 Å². The first-order valence-corrected chi connectivity index (χ1v) is 7.25. The van der Waals surface area contributed by atoms with Crippen LogP contribution in [-0.4, -0.2) is 19.3 Å². The lowest BCUT2D eigenvalue weighted by Gasteiger charge is -2.23. The number of nitrogens with two attached hydrogens (primary N) is 1. The van der Waals surface area contributed by atoms with E-state index in [2.05, 4.69) is 15.9 Å². The minimum Gasteiger partial charge on any atom is -0.490 e. The second-order valence-corrected chi connectivity index (χ2v) is 5.69. The smallest absolute Gasteiger partial charge is 0.125 e. The SMILES string of the molecule is CC(N)c1ccc(Br)cc1OCC1CCCCO1. The molecule has 2 unspecified atom stereocenters. The van der Waals surface area contributed by atoms with E-state index in [9.17, 15) is 0 Å². The van der Waals surface area contributed by atoms with E-state index in [0.717, 1.165) is 28.8 Å². The Morgan fingerprint density at radius 2 is 2.33 bits per heavy atom. The Balaban J connectivity index is 2.00. The number of halogens is 1. The van der Waals surface area contributed by atoms with Gasteiger partial charge in [0.25, 0.3) is 0 Å². The molecular weight excluding hydrogens is 294 g/mol. The largest absolute Gasteiger partial charge is 0.490 e. The molecule has 100 valence electrons. The Hall–Kier alpha value is -0.580. The Kier molecular flexibility index (Phi) is 5.03. The summed E-state index contributed by atoms with van der Waals surface area (Å²) in [6.07, 6.45) is 3.70. The molecule has 1 heterocycles. The third-order valence-electron chi connectivity index (χ3n) is 3.16. The molecule has 1 aromatic rings. The summed E-state index contributed by atoms with van der Waals surface area (Å²) in [6, 6.07) is 5.94. The quantitative estimate of drug-likeness (QED) is 0.926. The predicted molar refractivity (Wildman–Crippen MR) is 75.8 cm³/mol. The number of rotatable bonds is 4. The van der Waals surface area contributed by atoms with Crippen LogP contribution in [0.15, 0.2) is 22.7 Å². The molecule has 1 aliphatic rings. The van der Waals surface area contributed by atoms with Crippen LogP contribution in [0.4, 0.5) is 0 Å². The van der Waals surface area contributed by atoms with Crippen molar-refractivity contribution in [2.24, 2.45) is 5.73 Å². The highest BCUT2D eigenvalue weighted by Gasteiger charge is 2.16. The van der Waals surface area contributed by atoms with Crippen molar-refractivity contribution in [2.45, 2.75) is 38.3 Å². The van der Waals surface area contributed by atoms with Crippen LogP contribution in [0.5, 0.6) is 5.75 Å². The van der Waals surface area contributed by atoms with Gasteiger partial charge >= 0.3 is 0 Å². The van der Waals surface area contributed by atoms with Crippen LogP contribution in [0.1, 0.15) is 37.8 Å². The van der Waals surface area contributed by atoms with Crippen molar-refractivity contribution in [2.75, 3.05) is 13.2 Å². The second-order valence-electron chi connectivity index (χ2n) is 4.77. The first-order valence-electron chi connectivity index (χ1n) is 6.46. The van der Waals surface area contributed by atoms with Gasteiger partial charge in [0.05, 0.1) is 6.10 Å². The van der Waals surface area contributed by atoms with Crippen LogP contribution >= 0.6 is 15.9 Å². The van der Waals surface area contributed by atoms with E-state index < -0.39 is 0 Å². The highest BCUT2D eigenvalue weighted by Crippen LogP contribution is 2.28. The number of ether oxygens (including phenoxy) is 2. The van der Waals surface area contributed by atoms with Crippen molar-refractivity contribution < 1.29 is 9.47 Å². The minimum absolute atomic E-state index is 0.0274. The third-order valence-corrected chi connectivity index (χ3v) is 3.66. The summed E-state index contributed by atoms with van der Waals surface area (Å²) in [5, 5.41) is 0. The van der Waals surface area contributed by atoms with Crippen LogP contribution < -0.4 is 10.5 Å². The average molecular weight is 314 g/mol. The molecule has 2 atom stereocenters. The number of benzene rings is 1. The Bertz CT molecular complexity index is 389. The summed E-state index contributed by atoms with van der Waals surface area (Å²) in [7, 11) is 0. The van der Waals surface area contributed by atoms with Crippen LogP contribution in [0, 0.1) is 0 Å². The number of hydrogen-bond acceptors (Lipinski definition) is 3. The van der Waals surface area contributed by atoms with Gasteiger partial charge in [-0.1, -0.05) is 22.0 Å². The van der Waals surface area contributed by atoms with E-state index >= 15 is 0 Å². The molecule has 1 saturated heterocycles. The van der Waals surface area contributed by atoms with E-state index in [1.54, 1.807) is 0 Å². The summed E-state index contributed by atoms with van der Waals surface area (Å²) >= 11 is 3.46. The molecule has 0 spiro atoms. The van der Waals surface area contributed by atoms with Gasteiger partial charge in [0, 0.05) is 22.7 Å². The molecular formula is C14H20BrNO2. The molecule has 18 heavy (non-hydrogen) atoms. The molecule has 3 nitrogen and oxygen atoms in total. The van der Waals surface area contributed by atoms with Crippen molar-refractivity contribution in [3.63, 3.8) is 0 Å². The van der Waals surface area contributed by atoms with E-state index in [4.69, 9.17) is 15.2 Å². The van der Waals surface area contributed by atoms with E-state index in [0.29, 0.717) is 6.61 Å². The summed E-state index contributed by atoms with van der Waals surface area (Å²) < 4.78 is 12.6. The lowest BCUT2D eigenvalue weighted by Crippen LogP contribution is -2.26. The van der Waals surface area contributed by atoms with Gasteiger partial charge in [-0.05, 0) is 38.3 Å². The normalized spacial score (nSPS) is 21.6. The average Bonchev–Trinajstić information content (AvgIpc) is 2.37. The van der Waals surface area contributed by atoms with Gasteiger partial charge in [0.15, 0.2) is 0 Å². The minimum atomic E-state index is -0.0274. The topological polar surface area (TPSA) is 44.5 Å². The Morgan fingerprint density at radius 3 is 3.00 bits per heavy atom. The lowest BCUT2D eigenvalue weighted by atomic mass is 10.1. The fourth-order valence-electron chi connectivity index (χ4n) is 2.13. The summed E-state index contributed by atoms with van der Waals surface area (Å²) in [5.74, 6) is 0.855. The molecule has 2 rings (SSSR count). The monoisotopic (exact) mass is 313 g/mol. The molecule has 0 amide bonds. The predicted octanol–water partition coefficient (Wildman–Crippen LogP) is 3.42. The molecule has 0 radical (unpaired) electrons. The molecule has 2 N–H and O–H groups in total. The zero-order valence-electron chi connectivity index (χ0n) is 10.7. The molecule has 1 aromatic carbocycles. The molecule has 1 aliphatic heterocycles. The zero-order chi connectivity index (χ0) is 13.0. The van der Waals surface area contributed by atoms with Crippen molar-refractivity contribution >= 4 is 15.9 Å². The van der Waals surface area contributed by atoms with Crippen molar-refractivity contribution in [1.29, 1.82) is 0 Å². The van der Waals surface area contributed by atoms with Gasteiger partial charge in [-0.3, -0.25) is 0 Å². The first-order chi connectivity index (χ1) is 8.66.